The fourth-order valence-corrected chi connectivity index (χ4v) is 3.01. The number of rotatable bonds is 3. The first-order valence-corrected chi connectivity index (χ1v) is 7.97. The number of hydrogen-bond acceptors (Lipinski definition) is 4. The summed E-state index contributed by atoms with van der Waals surface area (Å²) in [5.74, 6) is -1.28. The SMILES string of the molecule is O=C(Nc1ccc2c(c1)OC(F)(F)O2)C1CC(=O)N(c2ccccc2)C1. The molecule has 2 aliphatic rings. The van der Waals surface area contributed by atoms with Crippen LogP contribution < -0.4 is 19.7 Å². The van der Waals surface area contributed by atoms with E-state index in [4.69, 9.17) is 0 Å². The molecule has 6 nitrogen and oxygen atoms in total. The number of amides is 2. The molecule has 134 valence electrons. The molecule has 8 heteroatoms. The van der Waals surface area contributed by atoms with Crippen molar-refractivity contribution in [2.24, 2.45) is 5.92 Å². The number of nitrogens with zero attached hydrogens (tertiary/aromatic N) is 1. The van der Waals surface area contributed by atoms with Crippen molar-refractivity contribution in [2.45, 2.75) is 12.7 Å². The quantitative estimate of drug-likeness (QED) is 0.914. The Kier molecular flexibility index (Phi) is 3.75. The van der Waals surface area contributed by atoms with Gasteiger partial charge in [0.05, 0.1) is 5.92 Å². The standard InChI is InChI=1S/C18H14F2N2O4/c19-18(20)25-14-7-6-12(9-15(14)26-18)21-17(24)11-8-16(23)22(10-11)13-4-2-1-3-5-13/h1-7,9,11H,8,10H2,(H,21,24). The fraction of sp³-hybridized carbons (Fsp3) is 0.222. The van der Waals surface area contributed by atoms with Crippen molar-refractivity contribution in [1.82, 2.24) is 0 Å². The van der Waals surface area contributed by atoms with E-state index in [-0.39, 0.29) is 36.3 Å². The first-order valence-electron chi connectivity index (χ1n) is 7.97. The number of alkyl halides is 2. The van der Waals surface area contributed by atoms with Gasteiger partial charge in [-0.15, -0.1) is 8.78 Å². The zero-order valence-corrected chi connectivity index (χ0v) is 13.4. The van der Waals surface area contributed by atoms with Crippen molar-refractivity contribution in [2.75, 3.05) is 16.8 Å². The molecule has 1 saturated heterocycles. The number of anilines is 2. The molecule has 1 fully saturated rings. The molecule has 1 atom stereocenters. The van der Waals surface area contributed by atoms with Crippen LogP contribution in [0.5, 0.6) is 11.5 Å². The van der Waals surface area contributed by atoms with Gasteiger partial charge in [-0.1, -0.05) is 18.2 Å². The lowest BCUT2D eigenvalue weighted by Gasteiger charge is -2.16. The van der Waals surface area contributed by atoms with E-state index in [0.29, 0.717) is 5.69 Å². The molecular weight excluding hydrogens is 346 g/mol. The largest absolute Gasteiger partial charge is 0.586 e. The summed E-state index contributed by atoms with van der Waals surface area (Å²) >= 11 is 0. The second kappa shape index (κ2) is 5.98. The van der Waals surface area contributed by atoms with E-state index in [1.807, 2.05) is 18.2 Å². The molecule has 0 bridgehead atoms. The summed E-state index contributed by atoms with van der Waals surface area (Å²) in [4.78, 5) is 26.2. The summed E-state index contributed by atoms with van der Waals surface area (Å²) in [5.41, 5.74) is 1.03. The molecule has 2 heterocycles. The van der Waals surface area contributed by atoms with E-state index in [1.54, 1.807) is 17.0 Å². The maximum absolute atomic E-state index is 13.0. The van der Waals surface area contributed by atoms with Gasteiger partial charge in [-0.05, 0) is 24.3 Å². The highest BCUT2D eigenvalue weighted by molar-refractivity contribution is 6.03. The molecule has 0 spiro atoms. The molecule has 2 amide bonds. The third-order valence-corrected chi connectivity index (χ3v) is 4.23. The number of ether oxygens (including phenoxy) is 2. The lowest BCUT2D eigenvalue weighted by molar-refractivity contribution is -0.286. The Labute approximate surface area is 147 Å². The number of benzene rings is 2. The Morgan fingerprint density at radius 3 is 2.62 bits per heavy atom. The van der Waals surface area contributed by atoms with Gasteiger partial charge in [0.15, 0.2) is 11.5 Å². The summed E-state index contributed by atoms with van der Waals surface area (Å²) in [5, 5.41) is 2.64. The Morgan fingerprint density at radius 2 is 1.85 bits per heavy atom. The number of halogens is 2. The summed E-state index contributed by atoms with van der Waals surface area (Å²) < 4.78 is 34.8. The van der Waals surface area contributed by atoms with Crippen molar-refractivity contribution < 1.29 is 27.8 Å². The van der Waals surface area contributed by atoms with Crippen LogP contribution in [-0.4, -0.2) is 24.7 Å². The van der Waals surface area contributed by atoms with Crippen LogP contribution >= 0.6 is 0 Å². The highest BCUT2D eigenvalue weighted by atomic mass is 19.3. The number of para-hydroxylation sites is 1. The van der Waals surface area contributed by atoms with Crippen LogP contribution in [0.1, 0.15) is 6.42 Å². The first kappa shape index (κ1) is 16.3. The third kappa shape index (κ3) is 3.05. The van der Waals surface area contributed by atoms with Crippen LogP contribution in [0.2, 0.25) is 0 Å². The Balaban J connectivity index is 1.44. The second-order valence-corrected chi connectivity index (χ2v) is 6.06. The van der Waals surface area contributed by atoms with Gasteiger partial charge in [0.1, 0.15) is 0 Å². The molecule has 1 unspecified atom stereocenters. The van der Waals surface area contributed by atoms with Gasteiger partial charge >= 0.3 is 6.29 Å². The summed E-state index contributed by atoms with van der Waals surface area (Å²) in [7, 11) is 0. The minimum Gasteiger partial charge on any atom is -0.395 e. The number of hydrogen-bond donors (Lipinski definition) is 1. The van der Waals surface area contributed by atoms with Gasteiger partial charge in [-0.2, -0.15) is 0 Å². The molecule has 0 aromatic heterocycles. The van der Waals surface area contributed by atoms with Crippen molar-refractivity contribution in [3.8, 4) is 11.5 Å². The predicted octanol–water partition coefficient (Wildman–Crippen LogP) is 3.00. The highest BCUT2D eigenvalue weighted by Crippen LogP contribution is 2.42. The van der Waals surface area contributed by atoms with Gasteiger partial charge < -0.3 is 19.7 Å². The third-order valence-electron chi connectivity index (χ3n) is 4.23. The van der Waals surface area contributed by atoms with Crippen LogP contribution in [0, 0.1) is 5.92 Å². The maximum Gasteiger partial charge on any atom is 0.586 e. The monoisotopic (exact) mass is 360 g/mol. The van der Waals surface area contributed by atoms with E-state index >= 15 is 0 Å². The zero-order valence-electron chi connectivity index (χ0n) is 13.4. The zero-order chi connectivity index (χ0) is 18.3. The molecule has 26 heavy (non-hydrogen) atoms. The average Bonchev–Trinajstić information content (AvgIpc) is 3.13. The number of carbonyl (C=O) groups is 2. The Hall–Kier alpha value is -3.16. The fourth-order valence-electron chi connectivity index (χ4n) is 3.01. The molecule has 0 saturated carbocycles. The van der Waals surface area contributed by atoms with Gasteiger partial charge in [0.25, 0.3) is 0 Å². The van der Waals surface area contributed by atoms with Gasteiger partial charge in [0.2, 0.25) is 11.8 Å². The first-order chi connectivity index (χ1) is 12.4. The van der Waals surface area contributed by atoms with Crippen LogP contribution in [0.4, 0.5) is 20.2 Å². The van der Waals surface area contributed by atoms with Gasteiger partial charge in [-0.25, -0.2) is 0 Å². The van der Waals surface area contributed by atoms with Crippen molar-refractivity contribution in [3.05, 3.63) is 48.5 Å². The summed E-state index contributed by atoms with van der Waals surface area (Å²) in [6, 6.07) is 13.1. The Morgan fingerprint density at radius 1 is 1.12 bits per heavy atom. The minimum atomic E-state index is -3.71. The maximum atomic E-state index is 13.0. The van der Waals surface area contributed by atoms with Crippen LogP contribution in [0.3, 0.4) is 0 Å². The van der Waals surface area contributed by atoms with Crippen molar-refractivity contribution >= 4 is 23.2 Å². The van der Waals surface area contributed by atoms with Crippen LogP contribution in [-0.2, 0) is 9.59 Å². The number of carbonyl (C=O) groups excluding carboxylic acids is 2. The molecule has 2 aliphatic heterocycles. The lowest BCUT2D eigenvalue weighted by Crippen LogP contribution is -2.28. The van der Waals surface area contributed by atoms with E-state index < -0.39 is 12.2 Å². The summed E-state index contributed by atoms with van der Waals surface area (Å²) in [6.45, 7) is 0.261. The molecule has 4 rings (SSSR count). The van der Waals surface area contributed by atoms with Crippen LogP contribution in [0.15, 0.2) is 48.5 Å². The summed E-state index contributed by atoms with van der Waals surface area (Å²) in [6.07, 6.45) is -3.62. The molecule has 0 radical (unpaired) electrons. The topological polar surface area (TPSA) is 67.9 Å². The predicted molar refractivity (Wildman–Crippen MR) is 88.2 cm³/mol. The van der Waals surface area contributed by atoms with Crippen molar-refractivity contribution in [3.63, 3.8) is 0 Å². The molecule has 1 N–H and O–H groups in total. The molecular formula is C18H14F2N2O4. The molecule has 2 aromatic carbocycles. The minimum absolute atomic E-state index is 0.0867. The smallest absolute Gasteiger partial charge is 0.395 e. The highest BCUT2D eigenvalue weighted by Gasteiger charge is 2.43. The van der Waals surface area contributed by atoms with Gasteiger partial charge in [-0.3, -0.25) is 9.59 Å². The van der Waals surface area contributed by atoms with Crippen molar-refractivity contribution in [1.29, 1.82) is 0 Å². The second-order valence-electron chi connectivity index (χ2n) is 6.06. The van der Waals surface area contributed by atoms with E-state index in [9.17, 15) is 18.4 Å². The Bertz CT molecular complexity index is 873. The van der Waals surface area contributed by atoms with E-state index in [1.165, 1.54) is 18.2 Å². The number of fused-ring (bicyclic) bond motifs is 1. The van der Waals surface area contributed by atoms with E-state index in [0.717, 1.165) is 5.69 Å². The van der Waals surface area contributed by atoms with Crippen LogP contribution in [0.25, 0.3) is 0 Å². The van der Waals surface area contributed by atoms with Gasteiger partial charge in [0, 0.05) is 30.4 Å². The lowest BCUT2D eigenvalue weighted by atomic mass is 10.1. The molecule has 0 aliphatic carbocycles. The van der Waals surface area contributed by atoms with E-state index in [2.05, 4.69) is 14.8 Å². The average molecular weight is 360 g/mol. The normalized spacial score (nSPS) is 20.3. The molecule has 2 aromatic rings. The number of nitrogens with one attached hydrogen (secondary N) is 1.